The molecule has 0 bridgehead atoms. The van der Waals surface area contributed by atoms with Crippen molar-refractivity contribution in [3.05, 3.63) is 0 Å². The van der Waals surface area contributed by atoms with E-state index in [0.717, 1.165) is 25.7 Å². The third kappa shape index (κ3) is 6.47. The first-order valence-electron chi connectivity index (χ1n) is 5.61. The largest absolute Gasteiger partial charge is 0.463 e. The zero-order chi connectivity index (χ0) is 11.7. The van der Waals surface area contributed by atoms with Crippen LogP contribution in [-0.2, 0) is 9.53 Å². The van der Waals surface area contributed by atoms with Crippen molar-refractivity contribution in [2.45, 2.75) is 45.6 Å². The maximum absolute atomic E-state index is 11.5. The molecule has 0 aromatic carbocycles. The molecule has 15 heavy (non-hydrogen) atoms. The van der Waals surface area contributed by atoms with Gasteiger partial charge in [-0.3, -0.25) is 4.79 Å². The maximum atomic E-state index is 11.5. The van der Waals surface area contributed by atoms with E-state index in [1.165, 1.54) is 0 Å². The van der Waals surface area contributed by atoms with Gasteiger partial charge in [0, 0.05) is 0 Å². The van der Waals surface area contributed by atoms with Crippen molar-refractivity contribution in [1.82, 2.24) is 0 Å². The number of hydrogen-bond acceptors (Lipinski definition) is 4. The van der Waals surface area contributed by atoms with E-state index in [0.29, 0.717) is 0 Å². The summed E-state index contributed by atoms with van der Waals surface area (Å²) in [4.78, 5) is 11.5. The number of aliphatic hydroxyl groups excluding tert-OH is 2. The summed E-state index contributed by atoms with van der Waals surface area (Å²) in [6.45, 7) is 3.54. The second-order valence-electron chi connectivity index (χ2n) is 3.71. The van der Waals surface area contributed by atoms with Gasteiger partial charge < -0.3 is 14.9 Å². The molecule has 2 unspecified atom stereocenters. The van der Waals surface area contributed by atoms with Crippen molar-refractivity contribution in [3.8, 4) is 0 Å². The molecule has 0 spiro atoms. The van der Waals surface area contributed by atoms with E-state index in [9.17, 15) is 4.79 Å². The number of unbranched alkanes of at least 4 members (excludes halogenated alkanes) is 1. The molecule has 0 radical (unpaired) electrons. The van der Waals surface area contributed by atoms with Gasteiger partial charge in [-0.25, -0.2) is 0 Å². The van der Waals surface area contributed by atoms with Crippen molar-refractivity contribution < 1.29 is 19.7 Å². The van der Waals surface area contributed by atoms with E-state index in [1.807, 2.05) is 6.92 Å². The first-order chi connectivity index (χ1) is 7.15. The van der Waals surface area contributed by atoms with Crippen molar-refractivity contribution >= 4 is 5.97 Å². The summed E-state index contributed by atoms with van der Waals surface area (Å²) < 4.78 is 4.90. The summed E-state index contributed by atoms with van der Waals surface area (Å²) in [5.41, 5.74) is 0. The Hall–Kier alpha value is -0.610. The summed E-state index contributed by atoms with van der Waals surface area (Å²) in [5, 5.41) is 17.6. The van der Waals surface area contributed by atoms with Crippen molar-refractivity contribution in [2.24, 2.45) is 5.92 Å². The highest BCUT2D eigenvalue weighted by atomic mass is 16.5. The monoisotopic (exact) mass is 218 g/mol. The zero-order valence-corrected chi connectivity index (χ0v) is 9.61. The molecule has 90 valence electrons. The predicted octanol–water partition coefficient (Wildman–Crippen LogP) is 1.10. The van der Waals surface area contributed by atoms with E-state index in [1.54, 1.807) is 0 Å². The first-order valence-corrected chi connectivity index (χ1v) is 5.61. The van der Waals surface area contributed by atoms with Crippen LogP contribution >= 0.6 is 0 Å². The second-order valence-corrected chi connectivity index (χ2v) is 3.71. The van der Waals surface area contributed by atoms with Crippen molar-refractivity contribution in [2.75, 3.05) is 13.2 Å². The smallest absolute Gasteiger partial charge is 0.309 e. The number of ether oxygens (including phenoxy) is 1. The molecule has 4 nitrogen and oxygen atoms in total. The van der Waals surface area contributed by atoms with E-state index < -0.39 is 6.10 Å². The lowest BCUT2D eigenvalue weighted by atomic mass is 10.00. The Morgan fingerprint density at radius 2 is 2.07 bits per heavy atom. The molecule has 0 aromatic rings. The van der Waals surface area contributed by atoms with Crippen LogP contribution in [0.2, 0.25) is 0 Å². The Morgan fingerprint density at radius 3 is 2.53 bits per heavy atom. The van der Waals surface area contributed by atoms with Crippen LogP contribution in [0.4, 0.5) is 0 Å². The second kappa shape index (κ2) is 8.68. The normalized spacial score (nSPS) is 14.7. The summed E-state index contributed by atoms with van der Waals surface area (Å²) in [6, 6.07) is 0. The summed E-state index contributed by atoms with van der Waals surface area (Å²) in [5.74, 6) is -0.339. The van der Waals surface area contributed by atoms with Gasteiger partial charge in [-0.15, -0.1) is 0 Å². The predicted molar refractivity (Wildman–Crippen MR) is 57.4 cm³/mol. The summed E-state index contributed by atoms with van der Waals surface area (Å²) >= 11 is 0. The minimum Gasteiger partial charge on any atom is -0.463 e. The Kier molecular flexibility index (Phi) is 8.33. The number of carbonyl (C=O) groups is 1. The molecule has 0 aliphatic rings. The number of carbonyl (C=O) groups excluding carboxylic acids is 1. The molecule has 0 aromatic heterocycles. The van der Waals surface area contributed by atoms with E-state index in [-0.39, 0.29) is 25.1 Å². The van der Waals surface area contributed by atoms with Crippen molar-refractivity contribution in [3.63, 3.8) is 0 Å². The molecule has 0 aliphatic heterocycles. The third-order valence-electron chi connectivity index (χ3n) is 2.36. The van der Waals surface area contributed by atoms with Crippen LogP contribution in [0.3, 0.4) is 0 Å². The Balaban J connectivity index is 3.82. The number of aliphatic hydroxyl groups is 2. The fourth-order valence-corrected chi connectivity index (χ4v) is 1.29. The average Bonchev–Trinajstić information content (AvgIpc) is 2.26. The first kappa shape index (κ1) is 14.4. The van der Waals surface area contributed by atoms with Gasteiger partial charge in [-0.05, 0) is 12.8 Å². The van der Waals surface area contributed by atoms with Gasteiger partial charge in [0.25, 0.3) is 0 Å². The maximum Gasteiger partial charge on any atom is 0.309 e. The highest BCUT2D eigenvalue weighted by Crippen LogP contribution is 2.14. The molecule has 0 aliphatic carbocycles. The molecule has 0 fully saturated rings. The Labute approximate surface area is 91.3 Å². The van der Waals surface area contributed by atoms with Gasteiger partial charge in [0.05, 0.1) is 12.5 Å². The lowest BCUT2D eigenvalue weighted by molar-refractivity contribution is -0.152. The quantitative estimate of drug-likeness (QED) is 0.599. The molecular weight excluding hydrogens is 196 g/mol. The van der Waals surface area contributed by atoms with Gasteiger partial charge >= 0.3 is 5.97 Å². The lowest BCUT2D eigenvalue weighted by Gasteiger charge is -2.15. The number of rotatable bonds is 8. The minimum absolute atomic E-state index is 0.0733. The molecule has 0 rings (SSSR count). The topological polar surface area (TPSA) is 66.8 Å². The van der Waals surface area contributed by atoms with E-state index in [2.05, 4.69) is 6.92 Å². The minimum atomic E-state index is -0.961. The van der Waals surface area contributed by atoms with Crippen LogP contribution in [0.1, 0.15) is 39.5 Å². The van der Waals surface area contributed by atoms with Gasteiger partial charge in [0.15, 0.2) is 0 Å². The van der Waals surface area contributed by atoms with Gasteiger partial charge in [0.2, 0.25) is 0 Å². The van der Waals surface area contributed by atoms with Crippen LogP contribution in [0, 0.1) is 5.92 Å². The molecule has 2 N–H and O–H groups in total. The average molecular weight is 218 g/mol. The van der Waals surface area contributed by atoms with Gasteiger partial charge in [0.1, 0.15) is 12.7 Å². The molecule has 0 heterocycles. The van der Waals surface area contributed by atoms with Crippen LogP contribution in [0.15, 0.2) is 0 Å². The van der Waals surface area contributed by atoms with Crippen LogP contribution in [0.5, 0.6) is 0 Å². The standard InChI is InChI=1S/C11H22O4/c1-3-5-6-9(4-2)11(14)15-8-10(13)7-12/h9-10,12-13H,3-8H2,1-2H3. The van der Waals surface area contributed by atoms with Crippen molar-refractivity contribution in [1.29, 1.82) is 0 Å². The van der Waals surface area contributed by atoms with Crippen LogP contribution in [-0.4, -0.2) is 35.5 Å². The fourth-order valence-electron chi connectivity index (χ4n) is 1.29. The molecule has 2 atom stereocenters. The SMILES string of the molecule is CCCCC(CC)C(=O)OCC(O)CO. The zero-order valence-electron chi connectivity index (χ0n) is 9.61. The Bertz CT molecular complexity index is 170. The number of esters is 1. The summed E-state index contributed by atoms with van der Waals surface area (Å²) in [7, 11) is 0. The third-order valence-corrected chi connectivity index (χ3v) is 2.36. The van der Waals surface area contributed by atoms with Gasteiger partial charge in [-0.2, -0.15) is 0 Å². The van der Waals surface area contributed by atoms with E-state index in [4.69, 9.17) is 14.9 Å². The van der Waals surface area contributed by atoms with Gasteiger partial charge in [-0.1, -0.05) is 26.7 Å². The highest BCUT2D eigenvalue weighted by molar-refractivity contribution is 5.72. The van der Waals surface area contributed by atoms with Crippen LogP contribution < -0.4 is 0 Å². The lowest BCUT2D eigenvalue weighted by Crippen LogP contribution is -2.25. The highest BCUT2D eigenvalue weighted by Gasteiger charge is 2.18. The molecular formula is C11H22O4. The molecule has 0 saturated carbocycles. The van der Waals surface area contributed by atoms with Crippen LogP contribution in [0.25, 0.3) is 0 Å². The molecule has 0 amide bonds. The molecule has 4 heteroatoms. The Morgan fingerprint density at radius 1 is 1.40 bits per heavy atom. The fraction of sp³-hybridized carbons (Fsp3) is 0.909. The summed E-state index contributed by atoms with van der Waals surface area (Å²) in [6.07, 6.45) is 2.70. The number of hydrogen-bond donors (Lipinski definition) is 2. The van der Waals surface area contributed by atoms with E-state index >= 15 is 0 Å². The molecule has 0 saturated heterocycles.